The molecule has 0 atom stereocenters. The summed E-state index contributed by atoms with van der Waals surface area (Å²) in [7, 11) is 0. The standard InChI is InChI=1S/C14H7F3N2O2/c15-7-4-8(16)12(9(17)5-7)13-18-10-2-1-6(14(20)21)3-11(10)19-13/h1-5H,(H,18,19)(H,20,21). The predicted octanol–water partition coefficient (Wildman–Crippen LogP) is 3.35. The number of carbonyl (C=O) groups is 1. The van der Waals surface area contributed by atoms with Gasteiger partial charge in [-0.15, -0.1) is 0 Å². The van der Waals surface area contributed by atoms with E-state index in [1.807, 2.05) is 0 Å². The van der Waals surface area contributed by atoms with Gasteiger partial charge < -0.3 is 10.1 Å². The molecule has 0 aliphatic rings. The Hall–Kier alpha value is -2.83. The maximum Gasteiger partial charge on any atom is 0.335 e. The van der Waals surface area contributed by atoms with Crippen molar-refractivity contribution in [1.82, 2.24) is 9.97 Å². The molecule has 0 saturated heterocycles. The second-order valence-electron chi connectivity index (χ2n) is 4.37. The first-order valence-electron chi connectivity index (χ1n) is 5.83. The van der Waals surface area contributed by atoms with E-state index in [2.05, 4.69) is 9.97 Å². The molecule has 0 aliphatic carbocycles. The minimum absolute atomic E-state index is 0.0118. The predicted molar refractivity (Wildman–Crippen MR) is 68.4 cm³/mol. The molecule has 3 rings (SSSR count). The molecule has 2 N–H and O–H groups in total. The van der Waals surface area contributed by atoms with E-state index in [0.717, 1.165) is 0 Å². The van der Waals surface area contributed by atoms with Crippen LogP contribution in [-0.2, 0) is 0 Å². The van der Waals surface area contributed by atoms with Crippen LogP contribution in [0.25, 0.3) is 22.4 Å². The van der Waals surface area contributed by atoms with Crippen LogP contribution in [0.4, 0.5) is 13.2 Å². The molecule has 1 heterocycles. The number of benzene rings is 2. The van der Waals surface area contributed by atoms with E-state index in [0.29, 0.717) is 23.2 Å². The minimum Gasteiger partial charge on any atom is -0.478 e. The molecule has 0 saturated carbocycles. The van der Waals surface area contributed by atoms with Crippen LogP contribution in [-0.4, -0.2) is 21.0 Å². The third-order valence-electron chi connectivity index (χ3n) is 2.97. The quantitative estimate of drug-likeness (QED) is 0.761. The topological polar surface area (TPSA) is 66.0 Å². The Bertz CT molecular complexity index is 851. The third kappa shape index (κ3) is 2.22. The number of aromatic carboxylic acids is 1. The fraction of sp³-hybridized carbons (Fsp3) is 0. The van der Waals surface area contributed by atoms with Crippen molar-refractivity contribution in [2.45, 2.75) is 0 Å². The molecule has 7 heteroatoms. The van der Waals surface area contributed by atoms with Crippen LogP contribution in [0.3, 0.4) is 0 Å². The van der Waals surface area contributed by atoms with Crippen LogP contribution in [0, 0.1) is 17.5 Å². The molecule has 0 spiro atoms. The fourth-order valence-electron chi connectivity index (χ4n) is 2.03. The second kappa shape index (κ2) is 4.62. The lowest BCUT2D eigenvalue weighted by atomic mass is 10.2. The third-order valence-corrected chi connectivity index (χ3v) is 2.97. The number of aromatic amines is 1. The number of nitrogens with one attached hydrogen (secondary N) is 1. The molecule has 0 unspecified atom stereocenters. The lowest BCUT2D eigenvalue weighted by molar-refractivity contribution is 0.0697. The summed E-state index contributed by atoms with van der Waals surface area (Å²) in [4.78, 5) is 17.5. The molecule has 0 fully saturated rings. The van der Waals surface area contributed by atoms with Gasteiger partial charge in [0.2, 0.25) is 0 Å². The molecule has 0 amide bonds. The van der Waals surface area contributed by atoms with Crippen LogP contribution >= 0.6 is 0 Å². The van der Waals surface area contributed by atoms with Crippen LogP contribution in [0.15, 0.2) is 30.3 Å². The number of nitrogens with zero attached hydrogens (tertiary/aromatic N) is 1. The van der Waals surface area contributed by atoms with Crippen molar-refractivity contribution in [2.24, 2.45) is 0 Å². The maximum atomic E-state index is 13.7. The monoisotopic (exact) mass is 292 g/mol. The Morgan fingerprint density at radius 1 is 1.10 bits per heavy atom. The minimum atomic E-state index is -1.13. The first-order chi connectivity index (χ1) is 9.95. The van der Waals surface area contributed by atoms with Gasteiger partial charge in [-0.3, -0.25) is 0 Å². The highest BCUT2D eigenvalue weighted by molar-refractivity contribution is 5.93. The van der Waals surface area contributed by atoms with E-state index in [1.165, 1.54) is 18.2 Å². The molecule has 1 aromatic heterocycles. The highest BCUT2D eigenvalue weighted by Gasteiger charge is 2.17. The number of imidazole rings is 1. The van der Waals surface area contributed by atoms with Gasteiger partial charge in [0.05, 0.1) is 22.2 Å². The van der Waals surface area contributed by atoms with E-state index in [9.17, 15) is 18.0 Å². The van der Waals surface area contributed by atoms with Crippen molar-refractivity contribution in [3.8, 4) is 11.4 Å². The molecule has 106 valence electrons. The van der Waals surface area contributed by atoms with E-state index < -0.39 is 29.0 Å². The Balaban J connectivity index is 2.20. The molecule has 0 bridgehead atoms. The number of fused-ring (bicyclic) bond motifs is 1. The lowest BCUT2D eigenvalue weighted by Gasteiger charge is -2.01. The van der Waals surface area contributed by atoms with Crippen molar-refractivity contribution in [3.05, 3.63) is 53.3 Å². The molecule has 21 heavy (non-hydrogen) atoms. The highest BCUT2D eigenvalue weighted by atomic mass is 19.1. The average Bonchev–Trinajstić information content (AvgIpc) is 2.79. The normalized spacial score (nSPS) is 11.0. The van der Waals surface area contributed by atoms with E-state index in [4.69, 9.17) is 5.11 Å². The highest BCUT2D eigenvalue weighted by Crippen LogP contribution is 2.27. The number of H-pyrrole nitrogens is 1. The second-order valence-corrected chi connectivity index (χ2v) is 4.37. The molecule has 4 nitrogen and oxygen atoms in total. The van der Waals surface area contributed by atoms with Gasteiger partial charge in [-0.05, 0) is 18.2 Å². The van der Waals surface area contributed by atoms with Gasteiger partial charge in [0, 0.05) is 12.1 Å². The average molecular weight is 292 g/mol. The first kappa shape index (κ1) is 13.2. The molecule has 0 aliphatic heterocycles. The Kier molecular flexibility index (Phi) is 2.90. The summed E-state index contributed by atoms with van der Waals surface area (Å²) in [5.74, 6) is -4.48. The van der Waals surface area contributed by atoms with Crippen LogP contribution in [0.2, 0.25) is 0 Å². The van der Waals surface area contributed by atoms with Gasteiger partial charge in [-0.25, -0.2) is 22.9 Å². The fourth-order valence-corrected chi connectivity index (χ4v) is 2.03. The Morgan fingerprint density at radius 3 is 2.38 bits per heavy atom. The van der Waals surface area contributed by atoms with Crippen LogP contribution < -0.4 is 0 Å². The number of hydrogen-bond donors (Lipinski definition) is 2. The zero-order valence-electron chi connectivity index (χ0n) is 10.3. The van der Waals surface area contributed by atoms with Gasteiger partial charge in [-0.2, -0.15) is 0 Å². The zero-order valence-corrected chi connectivity index (χ0v) is 10.3. The van der Waals surface area contributed by atoms with Crippen molar-refractivity contribution in [1.29, 1.82) is 0 Å². The Morgan fingerprint density at radius 2 is 1.76 bits per heavy atom. The molecular weight excluding hydrogens is 285 g/mol. The summed E-state index contributed by atoms with van der Waals surface area (Å²) in [5, 5.41) is 8.89. The number of carboxylic acids is 1. The van der Waals surface area contributed by atoms with Gasteiger partial charge in [0.1, 0.15) is 23.3 Å². The molecule has 3 aromatic rings. The van der Waals surface area contributed by atoms with E-state index >= 15 is 0 Å². The first-order valence-corrected chi connectivity index (χ1v) is 5.83. The van der Waals surface area contributed by atoms with Gasteiger partial charge in [0.15, 0.2) is 0 Å². The summed E-state index contributed by atoms with van der Waals surface area (Å²) >= 11 is 0. The van der Waals surface area contributed by atoms with Crippen LogP contribution in [0.5, 0.6) is 0 Å². The number of halogens is 3. The lowest BCUT2D eigenvalue weighted by Crippen LogP contribution is -1.94. The smallest absolute Gasteiger partial charge is 0.335 e. The van der Waals surface area contributed by atoms with Crippen molar-refractivity contribution in [3.63, 3.8) is 0 Å². The maximum absolute atomic E-state index is 13.7. The number of hydrogen-bond acceptors (Lipinski definition) is 2. The van der Waals surface area contributed by atoms with Gasteiger partial charge in [-0.1, -0.05) is 0 Å². The number of aromatic nitrogens is 2. The van der Waals surface area contributed by atoms with Crippen LogP contribution in [0.1, 0.15) is 10.4 Å². The summed E-state index contributed by atoms with van der Waals surface area (Å²) in [5.41, 5.74) is 0.174. The molecule has 0 radical (unpaired) electrons. The summed E-state index contributed by atoms with van der Waals surface area (Å²) < 4.78 is 40.3. The van der Waals surface area contributed by atoms with Gasteiger partial charge in [0.25, 0.3) is 0 Å². The summed E-state index contributed by atoms with van der Waals surface area (Å²) in [6, 6.07) is 5.14. The summed E-state index contributed by atoms with van der Waals surface area (Å²) in [6.07, 6.45) is 0. The van der Waals surface area contributed by atoms with E-state index in [1.54, 1.807) is 0 Å². The van der Waals surface area contributed by atoms with Crippen molar-refractivity contribution in [2.75, 3.05) is 0 Å². The summed E-state index contributed by atoms with van der Waals surface area (Å²) in [6.45, 7) is 0. The van der Waals surface area contributed by atoms with Gasteiger partial charge >= 0.3 is 5.97 Å². The number of carboxylic acid groups (broad SMARTS) is 1. The zero-order chi connectivity index (χ0) is 15.1. The number of rotatable bonds is 2. The Labute approximate surface area is 115 Å². The van der Waals surface area contributed by atoms with E-state index in [-0.39, 0.29) is 11.4 Å². The largest absolute Gasteiger partial charge is 0.478 e. The SMILES string of the molecule is O=C(O)c1ccc2nc(-c3c(F)cc(F)cc3F)[nH]c2c1. The van der Waals surface area contributed by atoms with Crippen molar-refractivity contribution < 1.29 is 23.1 Å². The van der Waals surface area contributed by atoms with Crippen molar-refractivity contribution >= 4 is 17.0 Å². The molecule has 2 aromatic carbocycles. The molecular formula is C14H7F3N2O2.